The Hall–Kier alpha value is -2.90. The number of nitrogens with one attached hydrogen (secondary N) is 1. The summed E-state index contributed by atoms with van der Waals surface area (Å²) in [6.45, 7) is 50.3. The van der Waals surface area contributed by atoms with Gasteiger partial charge in [-0.3, -0.25) is 83.3 Å². The predicted molar refractivity (Wildman–Crippen MR) is 514 cm³/mol. The number of rotatable bonds is 58. The van der Waals surface area contributed by atoms with Crippen molar-refractivity contribution in [3.05, 3.63) is 35.4 Å². The SMILES string of the molecule is C(CN(CCCN1COCOC1)CCN(CCCN1COCOC1)CCCN1COCOC1)CN1COCOC1.C1CCN(CCN(CCN2COCOC2)CCN2COCOC2)CC1.OCN(CCC(CCN1COCOC1)NO)CCN1COCOC1.OCN(CCN1COCOC1)CCN1COCOC1.OCOCCN(CO)CCN1COCOC1.c1cc(CN2COCOC2)ccc1CN1COCOC1. The fourth-order valence-electron chi connectivity index (χ4n) is 16.9. The van der Waals surface area contributed by atoms with E-state index in [0.717, 1.165) is 202 Å². The summed E-state index contributed by atoms with van der Waals surface area (Å²) in [5.74, 6) is 0. The molecule has 14 aliphatic rings. The molecule has 53 nitrogen and oxygen atoms in total. The van der Waals surface area contributed by atoms with Gasteiger partial charge in [0.15, 0.2) is 0 Å². The van der Waals surface area contributed by atoms with Gasteiger partial charge in [-0.25, -0.2) is 5.48 Å². The second-order valence-corrected chi connectivity index (χ2v) is 37.1. The number of ether oxygens (including phenoxy) is 27. The molecule has 53 heteroatoms. The molecule has 14 heterocycles. The van der Waals surface area contributed by atoms with Crippen molar-refractivity contribution >= 4 is 0 Å². The maximum Gasteiger partial charge on any atom is 0.150 e. The first kappa shape index (κ1) is 123. The van der Waals surface area contributed by atoms with E-state index in [4.69, 9.17) is 138 Å². The Morgan fingerprint density at radius 2 is 0.444 bits per heavy atom. The molecule has 144 heavy (non-hydrogen) atoms. The standard InChI is InChI=1S/C26H52N6O8.C17H34N4O4.C14H30N4O6.C14H20N2O4.C11H23N3O5.C9H20N2O5/c1(9-29-15-33-23-34-16-29)5-27(6-2-10-30-17-35-24-36-18-30)13-14-28(7-3-11-31-19-37-25-38-20-31)8-4-12-32-21-39-26-40-22-32;1-2-4-18(5-3-1)6-7-19(8-10-20-12-22-16-23-13-20)9-11-21-14-24-17-25-15-21;19-7-16(5-6-18-10-23-13-24-11-18)3-1-14(15-20)2-4-17-8-21-12-22-9-17;1-2-14(6-16-9-19-12-20-10-16)4-3-13(1)5-15-7-17-11-18-8-15;15-5-12(1-3-13-6-16-10-17-7-13)2-4-14-8-18-11-19-9-14;12-5-10(3-4-14-8-13)1-2-11-6-15-9-16-7-11/h1-26H2;1-17H2;14-15,19-20H,1-13H2;1-4H,5-12H2;15H,1-11H2;12-13H,1-9H2. The summed E-state index contributed by atoms with van der Waals surface area (Å²) >= 11 is 0. The largest absolute Gasteiger partial charge is 0.381 e. The van der Waals surface area contributed by atoms with Gasteiger partial charge in [-0.05, 0) is 102 Å². The third kappa shape index (κ3) is 57.9. The topological polar surface area (TPSA) is 427 Å². The lowest BCUT2D eigenvalue weighted by molar-refractivity contribution is -0.187. The Balaban J connectivity index is 0.000000182. The Bertz CT molecular complexity index is 2830. The zero-order valence-electron chi connectivity index (χ0n) is 86.0. The minimum absolute atomic E-state index is 0.0124. The minimum Gasteiger partial charge on any atom is -0.381 e. The molecule has 0 amide bonds. The van der Waals surface area contributed by atoms with Crippen LogP contribution in [0.15, 0.2) is 24.3 Å². The van der Waals surface area contributed by atoms with E-state index in [-0.39, 0.29) is 33.0 Å². The molecule has 6 N–H and O–H groups in total. The first-order chi connectivity index (χ1) is 71.2. The predicted octanol–water partition coefficient (Wildman–Crippen LogP) is -2.70. The maximum absolute atomic E-state index is 9.50. The first-order valence-electron chi connectivity index (χ1n) is 51.2. The molecule has 0 radical (unpaired) electrons. The molecule has 1 aromatic carbocycles. The summed E-state index contributed by atoms with van der Waals surface area (Å²) < 4.78 is 142. The molecule has 0 bridgehead atoms. The van der Waals surface area contributed by atoms with Crippen molar-refractivity contribution < 1.29 is 154 Å². The van der Waals surface area contributed by atoms with Crippen molar-refractivity contribution in [2.75, 3.05) is 487 Å². The molecule has 1 atom stereocenters. The number of aliphatic hydroxyl groups excluding tert-OH is 4. The van der Waals surface area contributed by atoms with Gasteiger partial charge in [0.2, 0.25) is 0 Å². The van der Waals surface area contributed by atoms with Crippen LogP contribution in [-0.4, -0.2) is 616 Å². The highest BCUT2D eigenvalue weighted by atomic mass is 16.7. The van der Waals surface area contributed by atoms with Crippen molar-refractivity contribution in [1.82, 2.24) is 103 Å². The average Bonchev–Trinajstić information content (AvgIpc) is 0.872. The van der Waals surface area contributed by atoms with E-state index in [1.165, 1.54) is 50.0 Å². The molecule has 0 aliphatic carbocycles. The van der Waals surface area contributed by atoms with Gasteiger partial charge < -0.3 is 168 Å². The van der Waals surface area contributed by atoms with Crippen molar-refractivity contribution in [3.63, 3.8) is 0 Å². The molecule has 14 fully saturated rings. The summed E-state index contributed by atoms with van der Waals surface area (Å²) in [6, 6.07) is 8.55. The second kappa shape index (κ2) is 81.7. The van der Waals surface area contributed by atoms with Crippen LogP contribution in [0.25, 0.3) is 0 Å². The zero-order chi connectivity index (χ0) is 100. The number of likely N-dealkylation sites (tertiary alicyclic amines) is 1. The number of benzene rings is 1. The van der Waals surface area contributed by atoms with Crippen LogP contribution in [0.4, 0.5) is 0 Å². The molecule has 840 valence electrons. The summed E-state index contributed by atoms with van der Waals surface area (Å²) in [4.78, 5) is 43.8. The van der Waals surface area contributed by atoms with Gasteiger partial charge >= 0.3 is 0 Å². The quantitative estimate of drug-likeness (QED) is 0.0219. The van der Waals surface area contributed by atoms with Crippen molar-refractivity contribution in [1.29, 1.82) is 0 Å². The molecular weight excluding hydrogens is 1900 g/mol. The molecule has 0 saturated carbocycles. The summed E-state index contributed by atoms with van der Waals surface area (Å²) in [6.07, 6.45) is 9.97. The van der Waals surface area contributed by atoms with E-state index >= 15 is 0 Å². The minimum atomic E-state index is -0.285. The molecule has 14 saturated heterocycles. The van der Waals surface area contributed by atoms with Gasteiger partial charge in [0.05, 0.1) is 26.8 Å². The normalized spacial score (nSPS) is 22.5. The highest BCUT2D eigenvalue weighted by Crippen LogP contribution is 2.18. The molecule has 15 rings (SSSR count). The summed E-state index contributed by atoms with van der Waals surface area (Å²) in [5, 5.41) is 45.7. The lowest BCUT2D eigenvalue weighted by Crippen LogP contribution is -2.46. The van der Waals surface area contributed by atoms with Gasteiger partial charge in [-0.2, -0.15) is 0 Å². The van der Waals surface area contributed by atoms with Gasteiger partial charge in [0.25, 0.3) is 0 Å². The number of hydrogen-bond donors (Lipinski definition) is 6. The smallest absolute Gasteiger partial charge is 0.150 e. The number of aliphatic hydroxyl groups is 4. The van der Waals surface area contributed by atoms with Crippen LogP contribution in [0.1, 0.15) is 68.9 Å². The Labute approximate surface area is 852 Å². The van der Waals surface area contributed by atoms with Crippen LogP contribution in [0, 0.1) is 0 Å². The molecular formula is C91H179N21O32. The van der Waals surface area contributed by atoms with Gasteiger partial charge in [-0.15, -0.1) is 0 Å². The maximum atomic E-state index is 9.50. The third-order valence-electron chi connectivity index (χ3n) is 25.2. The van der Waals surface area contributed by atoms with E-state index in [0.29, 0.717) is 290 Å². The van der Waals surface area contributed by atoms with E-state index in [1.807, 2.05) is 29.4 Å². The Morgan fingerprint density at radius 3 is 0.694 bits per heavy atom. The van der Waals surface area contributed by atoms with Gasteiger partial charge in [0, 0.05) is 170 Å². The second-order valence-electron chi connectivity index (χ2n) is 37.1. The molecule has 0 aromatic heterocycles. The molecule has 0 spiro atoms. The molecule has 14 aliphatic heterocycles. The van der Waals surface area contributed by atoms with Crippen LogP contribution in [0.2, 0.25) is 0 Å². The van der Waals surface area contributed by atoms with Gasteiger partial charge in [-0.1, -0.05) is 30.7 Å². The average molecular weight is 2080 g/mol. The first-order valence-corrected chi connectivity index (χ1v) is 51.2. The lowest BCUT2D eigenvalue weighted by Gasteiger charge is -2.34. The van der Waals surface area contributed by atoms with Crippen LogP contribution >= 0.6 is 0 Å². The zero-order valence-corrected chi connectivity index (χ0v) is 86.0. The lowest BCUT2D eigenvalue weighted by atomic mass is 10.1. The van der Waals surface area contributed by atoms with Gasteiger partial charge in [0.1, 0.15) is 270 Å². The van der Waals surface area contributed by atoms with Crippen molar-refractivity contribution in [2.45, 2.75) is 76.9 Å². The van der Waals surface area contributed by atoms with Crippen molar-refractivity contribution in [3.8, 4) is 0 Å². The van der Waals surface area contributed by atoms with Crippen LogP contribution < -0.4 is 5.48 Å². The Kier molecular flexibility index (Phi) is 69.8. The number of piperidine rings is 1. The van der Waals surface area contributed by atoms with E-state index in [1.54, 1.807) is 0 Å². The van der Waals surface area contributed by atoms with E-state index in [2.05, 4.69) is 98.3 Å². The number of hydroxylamine groups is 1. The van der Waals surface area contributed by atoms with Crippen molar-refractivity contribution in [2.24, 2.45) is 0 Å². The fourth-order valence-corrected chi connectivity index (χ4v) is 16.9. The monoisotopic (exact) mass is 2080 g/mol. The van der Waals surface area contributed by atoms with Crippen LogP contribution in [0.5, 0.6) is 0 Å². The Morgan fingerprint density at radius 1 is 0.229 bits per heavy atom. The van der Waals surface area contributed by atoms with Crippen LogP contribution in [-0.2, 0) is 141 Å². The highest BCUT2D eigenvalue weighted by Gasteiger charge is 2.26. The third-order valence-corrected chi connectivity index (χ3v) is 25.2. The molecule has 1 unspecified atom stereocenters. The summed E-state index contributed by atoms with van der Waals surface area (Å²) in [5.41, 5.74) is 4.88. The van der Waals surface area contributed by atoms with E-state index in [9.17, 15) is 15.4 Å². The number of hydrogen-bond acceptors (Lipinski definition) is 53. The fraction of sp³-hybridized carbons (Fsp3) is 0.934. The van der Waals surface area contributed by atoms with E-state index < -0.39 is 0 Å². The molecule has 1 aromatic rings. The van der Waals surface area contributed by atoms with Crippen LogP contribution in [0.3, 0.4) is 0 Å². The highest BCUT2D eigenvalue weighted by molar-refractivity contribution is 5.22. The number of nitrogens with zero attached hydrogens (tertiary/aromatic N) is 20. The summed E-state index contributed by atoms with van der Waals surface area (Å²) in [7, 11) is 0.